The van der Waals surface area contributed by atoms with Gasteiger partial charge in [0.15, 0.2) is 11.6 Å². The van der Waals surface area contributed by atoms with Crippen molar-refractivity contribution < 1.29 is 0 Å². The molecule has 8 heteroatoms. The summed E-state index contributed by atoms with van der Waals surface area (Å²) in [6, 6.07) is 127. The molecule has 0 aliphatic heterocycles. The Labute approximate surface area is 599 Å². The first kappa shape index (κ1) is 61.0. The highest BCUT2D eigenvalue weighted by Gasteiger charge is 2.18. The van der Waals surface area contributed by atoms with E-state index in [-0.39, 0.29) is 0 Å². The van der Waals surface area contributed by atoms with Gasteiger partial charge in [-0.25, -0.2) is 39.9 Å². The lowest BCUT2D eigenvalue weighted by atomic mass is 9.95. The van der Waals surface area contributed by atoms with Crippen LogP contribution in [-0.2, 0) is 0 Å². The molecule has 0 saturated heterocycles. The van der Waals surface area contributed by atoms with Gasteiger partial charge in [0.2, 0.25) is 0 Å². The molecule has 6 aromatic heterocycles. The van der Waals surface area contributed by atoms with Gasteiger partial charge in [0, 0.05) is 54.9 Å². The normalized spacial score (nSPS) is 11.5. The van der Waals surface area contributed by atoms with Gasteiger partial charge in [0.05, 0.1) is 67.6 Å². The molecular formula is C96H60N8. The largest absolute Gasteiger partial charge is 0.248 e. The first-order chi connectivity index (χ1) is 51.5. The van der Waals surface area contributed by atoms with Crippen molar-refractivity contribution in [2.45, 2.75) is 0 Å². The van der Waals surface area contributed by atoms with Crippen LogP contribution in [0.25, 0.3) is 200 Å². The predicted octanol–water partition coefficient (Wildman–Crippen LogP) is 24.4. The molecule has 0 aliphatic rings. The summed E-state index contributed by atoms with van der Waals surface area (Å²) in [5, 5.41) is 14.2. The van der Waals surface area contributed by atoms with Crippen LogP contribution in [0.15, 0.2) is 364 Å². The quantitative estimate of drug-likeness (QED) is 0.125. The fourth-order valence-corrected chi connectivity index (χ4v) is 14.4. The number of fused-ring (bicyclic) bond motifs is 10. The number of hydrogen-bond acceptors (Lipinski definition) is 8. The molecular weight excluding hydrogens is 1270 g/mol. The van der Waals surface area contributed by atoms with Crippen LogP contribution in [0, 0.1) is 0 Å². The van der Waals surface area contributed by atoms with Gasteiger partial charge < -0.3 is 0 Å². The molecule has 0 amide bonds. The van der Waals surface area contributed by atoms with Gasteiger partial charge in [-0.2, -0.15) is 0 Å². The van der Waals surface area contributed by atoms with E-state index in [1.165, 1.54) is 43.1 Å². The Morgan fingerprint density at radius 3 is 1.07 bits per heavy atom. The van der Waals surface area contributed by atoms with Gasteiger partial charge in [0.1, 0.15) is 0 Å². The first-order valence-electron chi connectivity index (χ1n) is 34.9. The van der Waals surface area contributed by atoms with Crippen LogP contribution in [0.1, 0.15) is 0 Å². The maximum Gasteiger partial charge on any atom is 0.160 e. The summed E-state index contributed by atoms with van der Waals surface area (Å²) in [5.41, 5.74) is 21.3. The zero-order valence-corrected chi connectivity index (χ0v) is 56.2. The Hall–Kier alpha value is -14.1. The lowest BCUT2D eigenvalue weighted by Crippen LogP contribution is -1.97. The Balaban J connectivity index is 0.000000143. The van der Waals surface area contributed by atoms with E-state index in [1.807, 2.05) is 121 Å². The second kappa shape index (κ2) is 26.2. The minimum Gasteiger partial charge on any atom is -0.248 e. The first-order valence-corrected chi connectivity index (χ1v) is 34.9. The number of rotatable bonds is 10. The second-order valence-corrected chi connectivity index (χ2v) is 26.2. The number of pyridine rings is 4. The van der Waals surface area contributed by atoms with E-state index >= 15 is 0 Å². The summed E-state index contributed by atoms with van der Waals surface area (Å²) in [6.45, 7) is 0. The Kier molecular flexibility index (Phi) is 15.4. The third-order valence-corrected chi connectivity index (χ3v) is 19.7. The van der Waals surface area contributed by atoms with Gasteiger partial charge in [-0.05, 0) is 144 Å². The molecule has 0 atom stereocenters. The van der Waals surface area contributed by atoms with E-state index in [9.17, 15) is 0 Å². The molecule has 484 valence electrons. The zero-order valence-electron chi connectivity index (χ0n) is 56.2. The van der Waals surface area contributed by atoms with Crippen LogP contribution >= 0.6 is 0 Å². The number of benzene rings is 14. The number of hydrogen-bond donors (Lipinski definition) is 0. The molecule has 20 aromatic rings. The Bertz CT molecular complexity index is 6310. The monoisotopic (exact) mass is 1320 g/mol. The van der Waals surface area contributed by atoms with Crippen molar-refractivity contribution in [3.8, 4) is 113 Å². The van der Waals surface area contributed by atoms with Crippen molar-refractivity contribution in [3.05, 3.63) is 364 Å². The molecule has 0 unspecified atom stereocenters. The van der Waals surface area contributed by atoms with Crippen molar-refractivity contribution in [3.63, 3.8) is 0 Å². The summed E-state index contributed by atoms with van der Waals surface area (Å²) < 4.78 is 0. The molecule has 0 radical (unpaired) electrons. The zero-order chi connectivity index (χ0) is 68.9. The molecule has 0 aliphatic carbocycles. The maximum absolute atomic E-state index is 5.17. The van der Waals surface area contributed by atoms with Gasteiger partial charge in [0.25, 0.3) is 0 Å². The molecule has 0 bridgehead atoms. The Morgan fingerprint density at radius 2 is 0.519 bits per heavy atom. The molecule has 6 heterocycles. The van der Waals surface area contributed by atoms with Crippen LogP contribution in [0.5, 0.6) is 0 Å². The SMILES string of the molecule is c1ccc(-c2cc(-c3ccc4ccc(-c5ccc6nc(-c7cc8ccccc8c8ccccc78)ccc6c5)cc4n3)nc(-c3ccccc3)n2)cc1.c1ccc(-c2cc(-c3ccc4ccc(-c5ccc6nc(-c7cccc8ccc9ccccc9c78)ccc6c5)cc4n3)nc(-c3ccccc3)n2)cc1. The van der Waals surface area contributed by atoms with Crippen molar-refractivity contribution >= 4 is 86.7 Å². The van der Waals surface area contributed by atoms with Gasteiger partial charge in [-0.1, -0.05) is 285 Å². The lowest BCUT2D eigenvalue weighted by molar-refractivity contribution is 1.17. The highest BCUT2D eigenvalue weighted by Crippen LogP contribution is 2.39. The van der Waals surface area contributed by atoms with E-state index in [4.69, 9.17) is 39.9 Å². The van der Waals surface area contributed by atoms with Crippen molar-refractivity contribution in [1.29, 1.82) is 0 Å². The summed E-state index contributed by atoms with van der Waals surface area (Å²) >= 11 is 0. The molecule has 14 aromatic carbocycles. The average molecular weight is 1330 g/mol. The topological polar surface area (TPSA) is 103 Å². The van der Waals surface area contributed by atoms with Crippen LogP contribution in [0.3, 0.4) is 0 Å². The number of nitrogens with zero attached hydrogens (tertiary/aromatic N) is 8. The summed E-state index contributed by atoms with van der Waals surface area (Å²) in [7, 11) is 0. The lowest BCUT2D eigenvalue weighted by Gasteiger charge is -2.12. The summed E-state index contributed by atoms with van der Waals surface area (Å²) in [6.07, 6.45) is 0. The van der Waals surface area contributed by atoms with Crippen molar-refractivity contribution in [1.82, 2.24) is 39.9 Å². The fraction of sp³-hybridized carbons (Fsp3) is 0. The third-order valence-electron chi connectivity index (χ3n) is 19.7. The van der Waals surface area contributed by atoms with Crippen LogP contribution in [0.2, 0.25) is 0 Å². The maximum atomic E-state index is 5.17. The van der Waals surface area contributed by atoms with E-state index in [0.717, 1.165) is 145 Å². The molecule has 0 N–H and O–H groups in total. The molecule has 8 nitrogen and oxygen atoms in total. The molecule has 104 heavy (non-hydrogen) atoms. The van der Waals surface area contributed by atoms with Crippen molar-refractivity contribution in [2.75, 3.05) is 0 Å². The molecule has 0 fully saturated rings. The molecule has 0 spiro atoms. The third kappa shape index (κ3) is 11.7. The van der Waals surface area contributed by atoms with Crippen LogP contribution in [-0.4, -0.2) is 39.9 Å². The highest BCUT2D eigenvalue weighted by molar-refractivity contribution is 6.15. The fourth-order valence-electron chi connectivity index (χ4n) is 14.4. The van der Waals surface area contributed by atoms with Gasteiger partial charge >= 0.3 is 0 Å². The molecule has 20 rings (SSSR count). The summed E-state index contributed by atoms with van der Waals surface area (Å²) in [5.74, 6) is 1.35. The van der Waals surface area contributed by atoms with Gasteiger partial charge in [-0.15, -0.1) is 0 Å². The minimum atomic E-state index is 0.675. The highest BCUT2D eigenvalue weighted by atomic mass is 14.9. The van der Waals surface area contributed by atoms with Crippen LogP contribution in [0.4, 0.5) is 0 Å². The smallest absolute Gasteiger partial charge is 0.160 e. The number of aromatic nitrogens is 8. The van der Waals surface area contributed by atoms with Crippen LogP contribution < -0.4 is 0 Å². The van der Waals surface area contributed by atoms with E-state index in [0.29, 0.717) is 11.6 Å². The van der Waals surface area contributed by atoms with E-state index in [1.54, 1.807) is 0 Å². The second-order valence-electron chi connectivity index (χ2n) is 26.2. The van der Waals surface area contributed by atoms with E-state index < -0.39 is 0 Å². The predicted molar refractivity (Wildman–Crippen MR) is 430 cm³/mol. The van der Waals surface area contributed by atoms with Gasteiger partial charge in [-0.3, -0.25) is 0 Å². The minimum absolute atomic E-state index is 0.675. The summed E-state index contributed by atoms with van der Waals surface area (Å²) in [4.78, 5) is 40.5. The van der Waals surface area contributed by atoms with E-state index in [2.05, 4.69) is 243 Å². The van der Waals surface area contributed by atoms with Crippen molar-refractivity contribution in [2.24, 2.45) is 0 Å². The standard InChI is InChI=1S/2C48H30N4/c1-3-11-31(12-4-1)46-30-47(52-48(51-46)33-13-5-2-6-14-33)44-26-21-32-19-20-35(29-45(32)50-44)34-22-24-42-37(27-34)23-25-43(49-42)41-28-36-15-7-8-16-38(36)39-17-9-10-18-40(39)41;1-3-11-32(12-4-1)45-30-46(52-48(51-45)35-13-5-2-6-14-35)43-27-22-33-19-21-37(29-44(33)50-43)36-23-25-41-38(28-36)24-26-42(49-41)40-17-9-15-34-20-18-31-10-7-8-16-39(31)47(34)40/h2*1-30H. The molecule has 0 saturated carbocycles. The Morgan fingerprint density at radius 1 is 0.144 bits per heavy atom. The average Bonchev–Trinajstić information content (AvgIpc) is 0.707.